The number of halogens is 1. The Balaban J connectivity index is 1.92. The molecule has 1 aliphatic carbocycles. The molecule has 0 atom stereocenters. The van der Waals surface area contributed by atoms with Gasteiger partial charge in [-0.05, 0) is 54.7 Å². The first-order chi connectivity index (χ1) is 9.54. The fourth-order valence-electron chi connectivity index (χ4n) is 2.40. The van der Waals surface area contributed by atoms with E-state index in [2.05, 4.69) is 9.71 Å². The first-order valence-electron chi connectivity index (χ1n) is 6.31. The lowest BCUT2D eigenvalue weighted by Gasteiger charge is -2.09. The highest BCUT2D eigenvalue weighted by atomic mass is 35.5. The molecule has 0 bridgehead atoms. The Labute approximate surface area is 122 Å². The number of sulfonamides is 1. The molecule has 0 aliphatic heterocycles. The minimum absolute atomic E-state index is 0.249. The average Bonchev–Trinajstić information content (AvgIpc) is 2.85. The van der Waals surface area contributed by atoms with Crippen LogP contribution in [-0.2, 0) is 22.9 Å². The zero-order chi connectivity index (χ0) is 14.2. The van der Waals surface area contributed by atoms with Crippen molar-refractivity contribution in [2.24, 2.45) is 0 Å². The Bertz CT molecular complexity index is 760. The van der Waals surface area contributed by atoms with Crippen molar-refractivity contribution in [3.63, 3.8) is 0 Å². The third-order valence-electron chi connectivity index (χ3n) is 3.36. The highest BCUT2D eigenvalue weighted by Crippen LogP contribution is 2.26. The smallest absolute Gasteiger partial charge is 0.261 e. The summed E-state index contributed by atoms with van der Waals surface area (Å²) in [6.07, 6.45) is 4.53. The number of aromatic nitrogens is 1. The van der Waals surface area contributed by atoms with Crippen molar-refractivity contribution in [3.8, 4) is 0 Å². The van der Waals surface area contributed by atoms with Gasteiger partial charge in [0.15, 0.2) is 0 Å². The van der Waals surface area contributed by atoms with Crippen LogP contribution in [0.1, 0.15) is 17.5 Å². The van der Waals surface area contributed by atoms with Crippen LogP contribution in [0.15, 0.2) is 41.4 Å². The molecule has 1 aromatic carbocycles. The average molecular weight is 309 g/mol. The van der Waals surface area contributed by atoms with Crippen molar-refractivity contribution < 1.29 is 8.42 Å². The second kappa shape index (κ2) is 5.07. The largest absolute Gasteiger partial charge is 0.279 e. The van der Waals surface area contributed by atoms with Crippen LogP contribution in [-0.4, -0.2) is 13.4 Å². The molecule has 0 radical (unpaired) electrons. The van der Waals surface area contributed by atoms with E-state index in [0.29, 0.717) is 5.69 Å². The van der Waals surface area contributed by atoms with Gasteiger partial charge in [-0.3, -0.25) is 4.72 Å². The zero-order valence-electron chi connectivity index (χ0n) is 10.6. The highest BCUT2D eigenvalue weighted by molar-refractivity contribution is 7.92. The van der Waals surface area contributed by atoms with Gasteiger partial charge >= 0.3 is 0 Å². The first kappa shape index (κ1) is 13.4. The Hall–Kier alpha value is -1.59. The molecule has 0 saturated heterocycles. The Kier molecular flexibility index (Phi) is 3.40. The molecule has 0 spiro atoms. The standard InChI is InChI=1S/C14H13ClN2O2S/c15-14-9-12(6-7-16-14)17-20(18,19)13-5-4-10-2-1-3-11(10)8-13/h4-9H,1-3H2,(H,16,17). The number of rotatable bonds is 3. The van der Waals surface area contributed by atoms with Crippen molar-refractivity contribution >= 4 is 27.3 Å². The van der Waals surface area contributed by atoms with E-state index in [1.54, 1.807) is 18.2 Å². The summed E-state index contributed by atoms with van der Waals surface area (Å²) >= 11 is 5.75. The fraction of sp³-hybridized carbons (Fsp3) is 0.214. The number of nitrogens with one attached hydrogen (secondary N) is 1. The molecule has 0 unspecified atom stereocenters. The van der Waals surface area contributed by atoms with E-state index >= 15 is 0 Å². The number of anilines is 1. The van der Waals surface area contributed by atoms with Gasteiger partial charge in [0, 0.05) is 6.20 Å². The maximum atomic E-state index is 12.3. The van der Waals surface area contributed by atoms with Gasteiger partial charge in [0.2, 0.25) is 0 Å². The molecule has 0 fully saturated rings. The van der Waals surface area contributed by atoms with Crippen molar-refractivity contribution in [1.29, 1.82) is 0 Å². The van der Waals surface area contributed by atoms with Gasteiger partial charge in [-0.25, -0.2) is 13.4 Å². The molecule has 3 rings (SSSR count). The van der Waals surface area contributed by atoms with Crippen LogP contribution in [0.2, 0.25) is 5.15 Å². The van der Waals surface area contributed by atoms with Crippen LogP contribution < -0.4 is 4.72 Å². The molecule has 1 N–H and O–H groups in total. The molecule has 104 valence electrons. The molecule has 0 amide bonds. The van der Waals surface area contributed by atoms with E-state index in [4.69, 9.17) is 11.6 Å². The maximum absolute atomic E-state index is 12.3. The van der Waals surface area contributed by atoms with Crippen LogP contribution in [0.4, 0.5) is 5.69 Å². The van der Waals surface area contributed by atoms with E-state index in [0.717, 1.165) is 24.8 Å². The minimum Gasteiger partial charge on any atom is -0.279 e. The lowest BCUT2D eigenvalue weighted by Crippen LogP contribution is -2.13. The minimum atomic E-state index is -3.59. The van der Waals surface area contributed by atoms with Gasteiger partial charge in [0.25, 0.3) is 10.0 Å². The monoisotopic (exact) mass is 308 g/mol. The van der Waals surface area contributed by atoms with Gasteiger partial charge in [0.1, 0.15) is 5.15 Å². The summed E-state index contributed by atoms with van der Waals surface area (Å²) in [6.45, 7) is 0. The number of fused-ring (bicyclic) bond motifs is 1. The van der Waals surface area contributed by atoms with Crippen LogP contribution >= 0.6 is 11.6 Å². The fourth-order valence-corrected chi connectivity index (χ4v) is 3.67. The molecular formula is C14H13ClN2O2S. The summed E-state index contributed by atoms with van der Waals surface area (Å²) in [5, 5.41) is 0.249. The summed E-state index contributed by atoms with van der Waals surface area (Å²) in [6, 6.07) is 8.35. The third-order valence-corrected chi connectivity index (χ3v) is 4.94. The molecule has 0 saturated carbocycles. The van der Waals surface area contributed by atoms with Crippen molar-refractivity contribution in [3.05, 3.63) is 52.8 Å². The predicted molar refractivity (Wildman–Crippen MR) is 78.5 cm³/mol. The topological polar surface area (TPSA) is 59.1 Å². The van der Waals surface area contributed by atoms with E-state index in [1.165, 1.54) is 17.8 Å². The van der Waals surface area contributed by atoms with Crippen LogP contribution in [0.3, 0.4) is 0 Å². The Morgan fingerprint density at radius 3 is 2.70 bits per heavy atom. The SMILES string of the molecule is O=S(=O)(Nc1ccnc(Cl)c1)c1ccc2c(c1)CCC2. The molecule has 1 aromatic heterocycles. The molecule has 2 aromatic rings. The molecule has 4 nitrogen and oxygen atoms in total. The summed E-state index contributed by atoms with van der Waals surface area (Å²) in [5.41, 5.74) is 2.78. The van der Waals surface area contributed by atoms with Crippen molar-refractivity contribution in [2.75, 3.05) is 4.72 Å². The number of aryl methyl sites for hydroxylation is 2. The number of benzene rings is 1. The Morgan fingerprint density at radius 2 is 1.90 bits per heavy atom. The summed E-state index contributed by atoms with van der Waals surface area (Å²) in [7, 11) is -3.59. The van der Waals surface area contributed by atoms with Gasteiger partial charge < -0.3 is 0 Å². The number of hydrogen-bond acceptors (Lipinski definition) is 3. The summed E-state index contributed by atoms with van der Waals surface area (Å²) < 4.78 is 27.2. The van der Waals surface area contributed by atoms with Crippen LogP contribution in [0.5, 0.6) is 0 Å². The molecular weight excluding hydrogens is 296 g/mol. The van der Waals surface area contributed by atoms with Gasteiger partial charge in [0.05, 0.1) is 10.6 Å². The van der Waals surface area contributed by atoms with Crippen LogP contribution in [0.25, 0.3) is 0 Å². The maximum Gasteiger partial charge on any atom is 0.261 e. The molecule has 6 heteroatoms. The molecule has 1 heterocycles. The first-order valence-corrected chi connectivity index (χ1v) is 8.17. The third kappa shape index (κ3) is 2.64. The lowest BCUT2D eigenvalue weighted by atomic mass is 10.1. The second-order valence-electron chi connectivity index (χ2n) is 4.76. The quantitative estimate of drug-likeness (QED) is 0.887. The van der Waals surface area contributed by atoms with Gasteiger partial charge in [-0.15, -0.1) is 0 Å². The van der Waals surface area contributed by atoms with Crippen molar-refractivity contribution in [1.82, 2.24) is 4.98 Å². The predicted octanol–water partition coefficient (Wildman–Crippen LogP) is 3.02. The lowest BCUT2D eigenvalue weighted by molar-refractivity contribution is 0.601. The molecule has 1 aliphatic rings. The van der Waals surface area contributed by atoms with E-state index in [1.807, 2.05) is 6.07 Å². The van der Waals surface area contributed by atoms with E-state index < -0.39 is 10.0 Å². The van der Waals surface area contributed by atoms with Gasteiger partial charge in [-0.1, -0.05) is 17.7 Å². The summed E-state index contributed by atoms with van der Waals surface area (Å²) in [5.74, 6) is 0. The van der Waals surface area contributed by atoms with Crippen molar-refractivity contribution in [2.45, 2.75) is 24.2 Å². The zero-order valence-corrected chi connectivity index (χ0v) is 12.2. The van der Waals surface area contributed by atoms with Gasteiger partial charge in [-0.2, -0.15) is 0 Å². The normalized spacial score (nSPS) is 14.1. The van der Waals surface area contributed by atoms with E-state index in [9.17, 15) is 8.42 Å². The number of hydrogen-bond donors (Lipinski definition) is 1. The number of pyridine rings is 1. The number of nitrogens with zero attached hydrogens (tertiary/aromatic N) is 1. The molecule has 20 heavy (non-hydrogen) atoms. The highest BCUT2D eigenvalue weighted by Gasteiger charge is 2.18. The van der Waals surface area contributed by atoms with E-state index in [-0.39, 0.29) is 10.0 Å². The second-order valence-corrected chi connectivity index (χ2v) is 6.83. The summed E-state index contributed by atoms with van der Waals surface area (Å²) in [4.78, 5) is 4.10. The van der Waals surface area contributed by atoms with Crippen LogP contribution in [0, 0.1) is 0 Å². The Morgan fingerprint density at radius 1 is 1.10 bits per heavy atom.